The van der Waals surface area contributed by atoms with Crippen molar-refractivity contribution in [3.63, 3.8) is 0 Å². The third-order valence-corrected chi connectivity index (χ3v) is 2.57. The first-order chi connectivity index (χ1) is 7.74. The number of carbonyl (C=O) groups excluding carboxylic acids is 1. The molecule has 0 spiro atoms. The molecule has 0 unspecified atom stereocenters. The van der Waals surface area contributed by atoms with Crippen molar-refractivity contribution in [3.05, 3.63) is 18.5 Å². The molecule has 1 atom stereocenters. The molecule has 1 aromatic heterocycles. The van der Waals surface area contributed by atoms with Gasteiger partial charge in [0.05, 0.1) is 13.1 Å². The fourth-order valence-electron chi connectivity index (χ4n) is 1.53. The molecule has 0 saturated heterocycles. The third kappa shape index (κ3) is 3.66. The van der Waals surface area contributed by atoms with Crippen molar-refractivity contribution < 1.29 is 4.79 Å². The molecule has 0 bridgehead atoms. The predicted octanol–water partition coefficient (Wildman–Crippen LogP) is 0.140. The minimum atomic E-state index is 0.0924. The molecule has 1 heterocycles. The van der Waals surface area contributed by atoms with Gasteiger partial charge in [0.15, 0.2) is 0 Å². The van der Waals surface area contributed by atoms with Crippen LogP contribution in [-0.4, -0.2) is 34.3 Å². The van der Waals surface area contributed by atoms with Crippen molar-refractivity contribution in [2.45, 2.75) is 38.4 Å². The third-order valence-electron chi connectivity index (χ3n) is 2.57. The van der Waals surface area contributed by atoms with Crippen LogP contribution in [0, 0.1) is 0 Å². The molecule has 1 aliphatic carbocycles. The molecule has 1 amide bonds. The van der Waals surface area contributed by atoms with Crippen molar-refractivity contribution in [1.29, 1.82) is 0 Å². The molecule has 5 heteroatoms. The van der Waals surface area contributed by atoms with Gasteiger partial charge in [0, 0.05) is 24.5 Å². The molecular weight excluding hydrogens is 204 g/mol. The van der Waals surface area contributed by atoms with Crippen molar-refractivity contribution >= 4 is 5.91 Å². The van der Waals surface area contributed by atoms with E-state index in [0.29, 0.717) is 12.6 Å². The summed E-state index contributed by atoms with van der Waals surface area (Å²) in [4.78, 5) is 11.4. The first-order valence-electron chi connectivity index (χ1n) is 5.74. The Labute approximate surface area is 95.2 Å². The molecular formula is C11H18N4O. The zero-order valence-electron chi connectivity index (χ0n) is 9.52. The Morgan fingerprint density at radius 2 is 2.44 bits per heavy atom. The van der Waals surface area contributed by atoms with Gasteiger partial charge in [-0.3, -0.25) is 9.48 Å². The molecule has 0 aromatic carbocycles. The van der Waals surface area contributed by atoms with Gasteiger partial charge in [-0.1, -0.05) is 0 Å². The van der Waals surface area contributed by atoms with E-state index in [-0.39, 0.29) is 11.9 Å². The predicted molar refractivity (Wildman–Crippen MR) is 60.9 cm³/mol. The molecule has 1 fully saturated rings. The van der Waals surface area contributed by atoms with E-state index in [4.69, 9.17) is 0 Å². The van der Waals surface area contributed by atoms with E-state index in [9.17, 15) is 4.79 Å². The van der Waals surface area contributed by atoms with Crippen LogP contribution in [0.2, 0.25) is 0 Å². The van der Waals surface area contributed by atoms with E-state index in [2.05, 4.69) is 15.7 Å². The van der Waals surface area contributed by atoms with Crippen molar-refractivity contribution in [2.24, 2.45) is 0 Å². The van der Waals surface area contributed by atoms with Crippen LogP contribution in [0.25, 0.3) is 0 Å². The highest BCUT2D eigenvalue weighted by molar-refractivity contribution is 5.78. The highest BCUT2D eigenvalue weighted by atomic mass is 16.2. The molecule has 5 nitrogen and oxygen atoms in total. The summed E-state index contributed by atoms with van der Waals surface area (Å²) in [6.45, 7) is 3.22. The summed E-state index contributed by atoms with van der Waals surface area (Å²) in [5.74, 6) is 0.0924. The van der Waals surface area contributed by atoms with Crippen LogP contribution < -0.4 is 10.6 Å². The Hall–Kier alpha value is -1.36. The van der Waals surface area contributed by atoms with Gasteiger partial charge in [-0.05, 0) is 25.8 Å². The molecule has 88 valence electrons. The van der Waals surface area contributed by atoms with E-state index in [1.807, 2.05) is 23.9 Å². The first-order valence-corrected chi connectivity index (χ1v) is 5.74. The summed E-state index contributed by atoms with van der Waals surface area (Å²) in [5, 5.41) is 10.2. The normalized spacial score (nSPS) is 17.1. The lowest BCUT2D eigenvalue weighted by atomic mass is 10.3. The SMILES string of the molecule is C[C@@H](Cn1cccn1)NCC(=O)NC1CC1. The van der Waals surface area contributed by atoms with Gasteiger partial charge in [0.25, 0.3) is 0 Å². The summed E-state index contributed by atoms with van der Waals surface area (Å²) in [7, 11) is 0. The molecule has 2 N–H and O–H groups in total. The Morgan fingerprint density at radius 3 is 3.06 bits per heavy atom. The lowest BCUT2D eigenvalue weighted by molar-refractivity contribution is -0.120. The average Bonchev–Trinajstić information content (AvgIpc) is 2.91. The van der Waals surface area contributed by atoms with Crippen molar-refractivity contribution in [3.8, 4) is 0 Å². The highest BCUT2D eigenvalue weighted by Gasteiger charge is 2.22. The lowest BCUT2D eigenvalue weighted by Crippen LogP contribution is -2.40. The van der Waals surface area contributed by atoms with E-state index in [0.717, 1.165) is 19.4 Å². The second kappa shape index (κ2) is 5.12. The van der Waals surface area contributed by atoms with Crippen molar-refractivity contribution in [1.82, 2.24) is 20.4 Å². The molecule has 1 saturated carbocycles. The van der Waals surface area contributed by atoms with Crippen LogP contribution >= 0.6 is 0 Å². The maximum absolute atomic E-state index is 11.4. The fourth-order valence-corrected chi connectivity index (χ4v) is 1.53. The van der Waals surface area contributed by atoms with Crippen LogP contribution in [0.15, 0.2) is 18.5 Å². The van der Waals surface area contributed by atoms with Gasteiger partial charge in [-0.25, -0.2) is 0 Å². The second-order valence-corrected chi connectivity index (χ2v) is 4.35. The smallest absolute Gasteiger partial charge is 0.234 e. The Balaban J connectivity index is 1.62. The van der Waals surface area contributed by atoms with Crippen LogP contribution in [0.5, 0.6) is 0 Å². The maximum atomic E-state index is 11.4. The Morgan fingerprint density at radius 1 is 1.62 bits per heavy atom. The number of amides is 1. The van der Waals surface area contributed by atoms with Crippen LogP contribution in [-0.2, 0) is 11.3 Å². The summed E-state index contributed by atoms with van der Waals surface area (Å²) in [5.41, 5.74) is 0. The average molecular weight is 222 g/mol. The van der Waals surface area contributed by atoms with E-state index in [1.165, 1.54) is 0 Å². The second-order valence-electron chi connectivity index (χ2n) is 4.35. The number of hydrogen-bond acceptors (Lipinski definition) is 3. The topological polar surface area (TPSA) is 59.0 Å². The van der Waals surface area contributed by atoms with E-state index < -0.39 is 0 Å². The zero-order chi connectivity index (χ0) is 11.4. The summed E-state index contributed by atoms with van der Waals surface area (Å²) >= 11 is 0. The van der Waals surface area contributed by atoms with Crippen LogP contribution in [0.1, 0.15) is 19.8 Å². The van der Waals surface area contributed by atoms with Gasteiger partial charge >= 0.3 is 0 Å². The number of carbonyl (C=O) groups is 1. The van der Waals surface area contributed by atoms with E-state index in [1.54, 1.807) is 6.20 Å². The number of hydrogen-bond donors (Lipinski definition) is 2. The minimum Gasteiger partial charge on any atom is -0.352 e. The Kier molecular flexibility index (Phi) is 3.56. The van der Waals surface area contributed by atoms with Gasteiger partial charge in [0.1, 0.15) is 0 Å². The minimum absolute atomic E-state index is 0.0924. The van der Waals surface area contributed by atoms with Crippen LogP contribution in [0.3, 0.4) is 0 Å². The Bertz CT molecular complexity index is 332. The standard InChI is InChI=1S/C11H18N4O/c1-9(8-15-6-2-5-13-15)12-7-11(16)14-10-3-4-10/h2,5-6,9-10,12H,3-4,7-8H2,1H3,(H,14,16)/t9-/m0/s1. The largest absolute Gasteiger partial charge is 0.352 e. The van der Waals surface area contributed by atoms with Gasteiger partial charge in [-0.2, -0.15) is 5.10 Å². The van der Waals surface area contributed by atoms with E-state index >= 15 is 0 Å². The van der Waals surface area contributed by atoms with Gasteiger partial charge < -0.3 is 10.6 Å². The molecule has 16 heavy (non-hydrogen) atoms. The highest BCUT2D eigenvalue weighted by Crippen LogP contribution is 2.18. The number of rotatable bonds is 6. The number of nitrogens with zero attached hydrogens (tertiary/aromatic N) is 2. The molecule has 0 radical (unpaired) electrons. The van der Waals surface area contributed by atoms with Crippen LogP contribution in [0.4, 0.5) is 0 Å². The summed E-state index contributed by atoms with van der Waals surface area (Å²) < 4.78 is 1.86. The maximum Gasteiger partial charge on any atom is 0.234 e. The van der Waals surface area contributed by atoms with Crippen molar-refractivity contribution in [2.75, 3.05) is 6.54 Å². The molecule has 1 aliphatic rings. The van der Waals surface area contributed by atoms with Gasteiger partial charge in [0.2, 0.25) is 5.91 Å². The molecule has 1 aromatic rings. The first kappa shape index (κ1) is 11.1. The molecule has 2 rings (SSSR count). The zero-order valence-corrected chi connectivity index (χ0v) is 9.52. The summed E-state index contributed by atoms with van der Waals surface area (Å²) in [6, 6.07) is 2.58. The monoisotopic (exact) mass is 222 g/mol. The number of nitrogens with one attached hydrogen (secondary N) is 2. The number of aromatic nitrogens is 2. The molecule has 0 aliphatic heterocycles. The lowest BCUT2D eigenvalue weighted by Gasteiger charge is -2.13. The summed E-state index contributed by atoms with van der Waals surface area (Å²) in [6.07, 6.45) is 5.94. The van der Waals surface area contributed by atoms with Gasteiger partial charge in [-0.15, -0.1) is 0 Å². The fraction of sp³-hybridized carbons (Fsp3) is 0.636. The quantitative estimate of drug-likeness (QED) is 0.720.